The highest BCUT2D eigenvalue weighted by molar-refractivity contribution is 5.14. The first-order chi connectivity index (χ1) is 8.70. The van der Waals surface area contributed by atoms with Gasteiger partial charge in [-0.25, -0.2) is 0 Å². The lowest BCUT2D eigenvalue weighted by Gasteiger charge is -2.53. The molecular weight excluding hydrogens is 222 g/mol. The maximum absolute atomic E-state index is 6.11. The molecule has 1 aliphatic carbocycles. The van der Waals surface area contributed by atoms with Crippen molar-refractivity contribution in [2.75, 3.05) is 6.54 Å². The van der Waals surface area contributed by atoms with Crippen LogP contribution in [0.25, 0.3) is 0 Å². The molecule has 1 aromatic rings. The summed E-state index contributed by atoms with van der Waals surface area (Å²) in [5, 5.41) is 3.57. The molecule has 3 atom stereocenters. The van der Waals surface area contributed by atoms with Crippen molar-refractivity contribution in [2.45, 2.75) is 52.4 Å². The summed E-state index contributed by atoms with van der Waals surface area (Å²) < 4.78 is 6.11. The highest BCUT2D eigenvalue weighted by Crippen LogP contribution is 2.46. The normalized spacial score (nSPS) is 31.1. The molecule has 0 heterocycles. The first-order valence-electron chi connectivity index (χ1n) is 7.09. The Morgan fingerprint density at radius 2 is 2.00 bits per heavy atom. The molecule has 1 aromatic carbocycles. The molecule has 18 heavy (non-hydrogen) atoms. The zero-order valence-corrected chi connectivity index (χ0v) is 11.8. The quantitative estimate of drug-likeness (QED) is 0.832. The van der Waals surface area contributed by atoms with Crippen LogP contribution in [-0.4, -0.2) is 18.7 Å². The van der Waals surface area contributed by atoms with Crippen molar-refractivity contribution in [1.82, 2.24) is 5.32 Å². The van der Waals surface area contributed by atoms with Gasteiger partial charge in [-0.05, 0) is 24.9 Å². The lowest BCUT2D eigenvalue weighted by Crippen LogP contribution is -2.62. The lowest BCUT2D eigenvalue weighted by molar-refractivity contribution is -0.135. The molecule has 0 bridgehead atoms. The minimum Gasteiger partial charge on any atom is -0.373 e. The minimum atomic E-state index is 0.296. The van der Waals surface area contributed by atoms with Gasteiger partial charge in [0.15, 0.2) is 0 Å². The fourth-order valence-electron chi connectivity index (χ4n) is 2.88. The monoisotopic (exact) mass is 247 g/mol. The van der Waals surface area contributed by atoms with Gasteiger partial charge in [-0.3, -0.25) is 0 Å². The molecule has 1 aliphatic rings. The molecule has 3 unspecified atom stereocenters. The first kappa shape index (κ1) is 13.6. The molecule has 2 rings (SSSR count). The van der Waals surface area contributed by atoms with Crippen molar-refractivity contribution < 1.29 is 4.74 Å². The van der Waals surface area contributed by atoms with Crippen LogP contribution in [-0.2, 0) is 11.3 Å². The standard InChI is InChI=1S/C16H25NO/c1-4-16(3)14(17-5-2)11-15(16)18-12-13-9-7-6-8-10-13/h6-10,14-15,17H,4-5,11-12H2,1-3H3. The average molecular weight is 247 g/mol. The van der Waals surface area contributed by atoms with Crippen molar-refractivity contribution >= 4 is 0 Å². The van der Waals surface area contributed by atoms with Gasteiger partial charge in [-0.2, -0.15) is 0 Å². The van der Waals surface area contributed by atoms with E-state index in [-0.39, 0.29) is 0 Å². The molecule has 0 saturated heterocycles. The van der Waals surface area contributed by atoms with Gasteiger partial charge in [0.2, 0.25) is 0 Å². The van der Waals surface area contributed by atoms with Crippen LogP contribution < -0.4 is 5.32 Å². The average Bonchev–Trinajstić information content (AvgIpc) is 2.42. The third-order valence-electron chi connectivity index (χ3n) is 4.49. The highest BCUT2D eigenvalue weighted by Gasteiger charge is 2.50. The third-order valence-corrected chi connectivity index (χ3v) is 4.49. The SMILES string of the molecule is CCNC1CC(OCc2ccccc2)C1(C)CC. The summed E-state index contributed by atoms with van der Waals surface area (Å²) in [7, 11) is 0. The maximum atomic E-state index is 6.11. The van der Waals surface area contributed by atoms with E-state index in [2.05, 4.69) is 50.4 Å². The molecule has 0 spiro atoms. The Morgan fingerprint density at radius 1 is 1.28 bits per heavy atom. The third kappa shape index (κ3) is 2.60. The van der Waals surface area contributed by atoms with Gasteiger partial charge < -0.3 is 10.1 Å². The molecule has 1 fully saturated rings. The lowest BCUT2D eigenvalue weighted by atomic mass is 9.61. The summed E-state index contributed by atoms with van der Waals surface area (Å²) in [4.78, 5) is 0. The largest absolute Gasteiger partial charge is 0.373 e. The molecule has 1 N–H and O–H groups in total. The molecule has 0 radical (unpaired) electrons. The zero-order chi connectivity index (χ0) is 13.0. The Morgan fingerprint density at radius 3 is 2.61 bits per heavy atom. The number of hydrogen-bond acceptors (Lipinski definition) is 2. The Balaban J connectivity index is 1.88. The summed E-state index contributed by atoms with van der Waals surface area (Å²) in [6.45, 7) is 8.57. The summed E-state index contributed by atoms with van der Waals surface area (Å²) in [6, 6.07) is 11.1. The van der Waals surface area contributed by atoms with Crippen molar-refractivity contribution in [3.05, 3.63) is 35.9 Å². The summed E-state index contributed by atoms with van der Waals surface area (Å²) >= 11 is 0. The van der Waals surface area contributed by atoms with E-state index in [1.807, 2.05) is 6.07 Å². The highest BCUT2D eigenvalue weighted by atomic mass is 16.5. The number of ether oxygens (including phenoxy) is 1. The van der Waals surface area contributed by atoms with Crippen LogP contribution in [0.15, 0.2) is 30.3 Å². The van der Waals surface area contributed by atoms with Crippen LogP contribution in [0.5, 0.6) is 0 Å². The topological polar surface area (TPSA) is 21.3 Å². The molecule has 2 nitrogen and oxygen atoms in total. The van der Waals surface area contributed by atoms with Crippen LogP contribution in [0.4, 0.5) is 0 Å². The summed E-state index contributed by atoms with van der Waals surface area (Å²) in [5.41, 5.74) is 1.56. The van der Waals surface area contributed by atoms with Gasteiger partial charge in [0.05, 0.1) is 12.7 Å². The fraction of sp³-hybridized carbons (Fsp3) is 0.625. The molecule has 0 aliphatic heterocycles. The predicted molar refractivity (Wildman–Crippen MR) is 75.5 cm³/mol. The van der Waals surface area contributed by atoms with E-state index < -0.39 is 0 Å². The van der Waals surface area contributed by atoms with E-state index in [0.29, 0.717) is 17.6 Å². The van der Waals surface area contributed by atoms with Gasteiger partial charge in [0.25, 0.3) is 0 Å². The Bertz CT molecular complexity index is 365. The van der Waals surface area contributed by atoms with Crippen LogP contribution in [0.2, 0.25) is 0 Å². The van der Waals surface area contributed by atoms with Gasteiger partial charge >= 0.3 is 0 Å². The van der Waals surface area contributed by atoms with Gasteiger partial charge in [-0.1, -0.05) is 51.1 Å². The second-order valence-corrected chi connectivity index (χ2v) is 5.49. The Hall–Kier alpha value is -0.860. The molecule has 1 saturated carbocycles. The Kier molecular flexibility index (Phi) is 4.41. The first-order valence-corrected chi connectivity index (χ1v) is 7.09. The maximum Gasteiger partial charge on any atom is 0.0720 e. The van der Waals surface area contributed by atoms with E-state index in [1.165, 1.54) is 12.0 Å². The van der Waals surface area contributed by atoms with E-state index in [4.69, 9.17) is 4.74 Å². The molecule has 2 heteroatoms. The predicted octanol–water partition coefficient (Wildman–Crippen LogP) is 3.37. The summed E-state index contributed by atoms with van der Waals surface area (Å²) in [5.74, 6) is 0. The molecule has 0 amide bonds. The van der Waals surface area contributed by atoms with E-state index >= 15 is 0 Å². The smallest absolute Gasteiger partial charge is 0.0720 e. The Labute approximate surface area is 111 Å². The number of benzene rings is 1. The fourth-order valence-corrected chi connectivity index (χ4v) is 2.88. The van der Waals surface area contributed by atoms with Gasteiger partial charge in [-0.15, -0.1) is 0 Å². The second kappa shape index (κ2) is 5.85. The van der Waals surface area contributed by atoms with E-state index in [9.17, 15) is 0 Å². The number of hydrogen-bond donors (Lipinski definition) is 1. The van der Waals surface area contributed by atoms with Crippen molar-refractivity contribution in [2.24, 2.45) is 5.41 Å². The number of nitrogens with one attached hydrogen (secondary N) is 1. The second-order valence-electron chi connectivity index (χ2n) is 5.49. The van der Waals surface area contributed by atoms with Crippen LogP contribution in [0, 0.1) is 5.41 Å². The van der Waals surface area contributed by atoms with Crippen molar-refractivity contribution in [1.29, 1.82) is 0 Å². The molecule has 100 valence electrons. The van der Waals surface area contributed by atoms with Crippen LogP contribution >= 0.6 is 0 Å². The van der Waals surface area contributed by atoms with Gasteiger partial charge in [0.1, 0.15) is 0 Å². The van der Waals surface area contributed by atoms with Crippen molar-refractivity contribution in [3.63, 3.8) is 0 Å². The van der Waals surface area contributed by atoms with Crippen LogP contribution in [0.3, 0.4) is 0 Å². The van der Waals surface area contributed by atoms with Gasteiger partial charge in [0, 0.05) is 11.5 Å². The molecular formula is C16H25NO. The van der Waals surface area contributed by atoms with E-state index in [0.717, 1.165) is 19.6 Å². The minimum absolute atomic E-state index is 0.296. The number of rotatable bonds is 6. The van der Waals surface area contributed by atoms with Crippen molar-refractivity contribution in [3.8, 4) is 0 Å². The van der Waals surface area contributed by atoms with Crippen LogP contribution in [0.1, 0.15) is 39.2 Å². The zero-order valence-electron chi connectivity index (χ0n) is 11.8. The molecule has 0 aromatic heterocycles. The van der Waals surface area contributed by atoms with E-state index in [1.54, 1.807) is 0 Å². The summed E-state index contributed by atoms with van der Waals surface area (Å²) in [6.07, 6.45) is 2.71.